The molecule has 2 aromatic rings. The van der Waals surface area contributed by atoms with Gasteiger partial charge in [-0.25, -0.2) is 0 Å². The van der Waals surface area contributed by atoms with Crippen LogP contribution >= 0.6 is 0 Å². The summed E-state index contributed by atoms with van der Waals surface area (Å²) in [6, 6.07) is 10.4. The van der Waals surface area contributed by atoms with E-state index in [-0.39, 0.29) is 17.5 Å². The molecule has 0 bridgehead atoms. The fourth-order valence-corrected chi connectivity index (χ4v) is 1.73. The molecule has 1 heterocycles. The first-order chi connectivity index (χ1) is 10.1. The molecule has 1 aromatic heterocycles. The van der Waals surface area contributed by atoms with Crippen LogP contribution in [0.25, 0.3) is 0 Å². The molecule has 2 N–H and O–H groups in total. The molecule has 6 nitrogen and oxygen atoms in total. The standard InChI is InChI=1S/C15H16N4O2/c1-3-9-16-15(21)12-10-13(19(2)18-12)17-14(20)11-7-5-4-6-8-11/h3-8,10H,1,9H2,2H3,(H,16,21)(H,17,20). The fraction of sp³-hybridized carbons (Fsp3) is 0.133. The summed E-state index contributed by atoms with van der Waals surface area (Å²) in [6.07, 6.45) is 1.58. The summed E-state index contributed by atoms with van der Waals surface area (Å²) < 4.78 is 1.45. The van der Waals surface area contributed by atoms with Crippen LogP contribution in [0.15, 0.2) is 49.1 Å². The van der Waals surface area contributed by atoms with Gasteiger partial charge in [-0.15, -0.1) is 6.58 Å². The smallest absolute Gasteiger partial charge is 0.272 e. The van der Waals surface area contributed by atoms with Crippen molar-refractivity contribution in [1.82, 2.24) is 15.1 Å². The third-order valence-electron chi connectivity index (χ3n) is 2.80. The molecule has 0 atom stereocenters. The molecule has 2 amide bonds. The Morgan fingerprint density at radius 2 is 2.00 bits per heavy atom. The first kappa shape index (κ1) is 14.5. The Balaban J connectivity index is 2.11. The lowest BCUT2D eigenvalue weighted by Crippen LogP contribution is -2.23. The minimum absolute atomic E-state index is 0.239. The molecule has 0 radical (unpaired) electrons. The van der Waals surface area contributed by atoms with E-state index in [0.717, 1.165) is 0 Å². The highest BCUT2D eigenvalue weighted by molar-refractivity contribution is 6.04. The molecular weight excluding hydrogens is 268 g/mol. The zero-order valence-electron chi connectivity index (χ0n) is 11.7. The van der Waals surface area contributed by atoms with Gasteiger partial charge in [0.1, 0.15) is 5.82 Å². The van der Waals surface area contributed by atoms with Crippen LogP contribution in [0.1, 0.15) is 20.8 Å². The summed E-state index contributed by atoms with van der Waals surface area (Å²) in [6.45, 7) is 3.89. The van der Waals surface area contributed by atoms with Crippen LogP contribution in [0.4, 0.5) is 5.82 Å². The average molecular weight is 284 g/mol. The predicted molar refractivity (Wildman–Crippen MR) is 80.1 cm³/mol. The summed E-state index contributed by atoms with van der Waals surface area (Å²) in [5.41, 5.74) is 0.777. The fourth-order valence-electron chi connectivity index (χ4n) is 1.73. The summed E-state index contributed by atoms with van der Waals surface area (Å²) in [4.78, 5) is 23.8. The normalized spacial score (nSPS) is 9.95. The maximum atomic E-state index is 12.1. The van der Waals surface area contributed by atoms with Gasteiger partial charge in [-0.3, -0.25) is 14.3 Å². The van der Waals surface area contributed by atoms with E-state index in [2.05, 4.69) is 22.3 Å². The van der Waals surface area contributed by atoms with Gasteiger partial charge in [-0.05, 0) is 12.1 Å². The lowest BCUT2D eigenvalue weighted by atomic mass is 10.2. The first-order valence-corrected chi connectivity index (χ1v) is 6.41. The highest BCUT2D eigenvalue weighted by Crippen LogP contribution is 2.11. The van der Waals surface area contributed by atoms with Crippen molar-refractivity contribution >= 4 is 17.6 Å². The summed E-state index contributed by atoms with van der Waals surface area (Å²) in [5, 5.41) is 9.41. The van der Waals surface area contributed by atoms with Crippen molar-refractivity contribution in [3.05, 3.63) is 60.3 Å². The van der Waals surface area contributed by atoms with Crippen molar-refractivity contribution in [3.8, 4) is 0 Å². The summed E-state index contributed by atoms with van der Waals surface area (Å²) in [5.74, 6) is -0.116. The molecule has 6 heteroatoms. The van der Waals surface area contributed by atoms with Crippen molar-refractivity contribution < 1.29 is 9.59 Å². The number of hydrogen-bond donors (Lipinski definition) is 2. The molecule has 0 fully saturated rings. The molecule has 0 saturated carbocycles. The Morgan fingerprint density at radius 1 is 1.29 bits per heavy atom. The number of benzene rings is 1. The average Bonchev–Trinajstić information content (AvgIpc) is 2.87. The molecule has 108 valence electrons. The molecule has 21 heavy (non-hydrogen) atoms. The Labute approximate surface area is 122 Å². The molecule has 0 aliphatic carbocycles. The Kier molecular flexibility index (Phi) is 4.50. The molecule has 0 spiro atoms. The van der Waals surface area contributed by atoms with E-state index < -0.39 is 0 Å². The third kappa shape index (κ3) is 3.56. The number of nitrogens with zero attached hydrogens (tertiary/aromatic N) is 2. The highest BCUT2D eigenvalue weighted by atomic mass is 16.2. The monoisotopic (exact) mass is 284 g/mol. The number of carbonyl (C=O) groups excluding carboxylic acids is 2. The molecule has 0 saturated heterocycles. The number of aromatic nitrogens is 2. The number of anilines is 1. The van der Waals surface area contributed by atoms with Crippen LogP contribution < -0.4 is 10.6 Å². The van der Waals surface area contributed by atoms with Crippen LogP contribution in [0, 0.1) is 0 Å². The van der Waals surface area contributed by atoms with Gasteiger partial charge in [0.25, 0.3) is 11.8 Å². The number of nitrogens with one attached hydrogen (secondary N) is 2. The topological polar surface area (TPSA) is 76.0 Å². The van der Waals surface area contributed by atoms with E-state index >= 15 is 0 Å². The molecule has 0 unspecified atom stereocenters. The quantitative estimate of drug-likeness (QED) is 0.819. The molecule has 0 aliphatic rings. The van der Waals surface area contributed by atoms with Gasteiger partial charge in [-0.1, -0.05) is 24.3 Å². The Hall–Kier alpha value is -2.89. The van der Waals surface area contributed by atoms with E-state index in [1.54, 1.807) is 37.4 Å². The van der Waals surface area contributed by atoms with Crippen LogP contribution in [0.2, 0.25) is 0 Å². The molecule has 0 aliphatic heterocycles. The zero-order valence-corrected chi connectivity index (χ0v) is 11.7. The lowest BCUT2D eigenvalue weighted by Gasteiger charge is -2.04. The minimum atomic E-state index is -0.314. The first-order valence-electron chi connectivity index (χ1n) is 6.41. The van der Waals surface area contributed by atoms with E-state index in [1.165, 1.54) is 10.7 Å². The van der Waals surface area contributed by atoms with Crippen molar-refractivity contribution in [2.45, 2.75) is 0 Å². The number of rotatable bonds is 5. The zero-order chi connectivity index (χ0) is 15.2. The van der Waals surface area contributed by atoms with Gasteiger partial charge in [0.2, 0.25) is 0 Å². The second kappa shape index (κ2) is 6.51. The van der Waals surface area contributed by atoms with Crippen molar-refractivity contribution in [3.63, 3.8) is 0 Å². The van der Waals surface area contributed by atoms with Gasteiger partial charge in [0.15, 0.2) is 5.69 Å². The number of amides is 2. The van der Waals surface area contributed by atoms with E-state index in [1.807, 2.05) is 6.07 Å². The van der Waals surface area contributed by atoms with Crippen LogP contribution in [-0.4, -0.2) is 28.1 Å². The van der Waals surface area contributed by atoms with E-state index in [9.17, 15) is 9.59 Å². The van der Waals surface area contributed by atoms with Crippen LogP contribution in [-0.2, 0) is 7.05 Å². The van der Waals surface area contributed by atoms with Crippen molar-refractivity contribution in [2.75, 3.05) is 11.9 Å². The molecule has 1 aromatic carbocycles. The summed E-state index contributed by atoms with van der Waals surface area (Å²) in [7, 11) is 1.66. The Morgan fingerprint density at radius 3 is 2.67 bits per heavy atom. The predicted octanol–water partition coefficient (Wildman–Crippen LogP) is 1.59. The van der Waals surface area contributed by atoms with E-state index in [4.69, 9.17) is 0 Å². The second-order valence-corrected chi connectivity index (χ2v) is 4.36. The highest BCUT2D eigenvalue weighted by Gasteiger charge is 2.14. The van der Waals surface area contributed by atoms with Gasteiger partial charge >= 0.3 is 0 Å². The third-order valence-corrected chi connectivity index (χ3v) is 2.80. The largest absolute Gasteiger partial charge is 0.347 e. The van der Waals surface area contributed by atoms with Gasteiger partial charge < -0.3 is 10.6 Å². The van der Waals surface area contributed by atoms with Gasteiger partial charge in [-0.2, -0.15) is 5.10 Å². The number of aryl methyl sites for hydroxylation is 1. The SMILES string of the molecule is C=CCNC(=O)c1cc(NC(=O)c2ccccc2)n(C)n1. The van der Waals surface area contributed by atoms with Crippen molar-refractivity contribution in [2.24, 2.45) is 7.05 Å². The summed E-state index contributed by atoms with van der Waals surface area (Å²) >= 11 is 0. The molecular formula is C15H16N4O2. The van der Waals surface area contributed by atoms with Crippen LogP contribution in [0.3, 0.4) is 0 Å². The number of carbonyl (C=O) groups is 2. The van der Waals surface area contributed by atoms with Gasteiger partial charge in [0.05, 0.1) is 0 Å². The minimum Gasteiger partial charge on any atom is -0.347 e. The van der Waals surface area contributed by atoms with Crippen molar-refractivity contribution in [1.29, 1.82) is 0 Å². The van der Waals surface area contributed by atoms with E-state index in [0.29, 0.717) is 17.9 Å². The molecule has 2 rings (SSSR count). The van der Waals surface area contributed by atoms with Crippen LogP contribution in [0.5, 0.6) is 0 Å². The number of hydrogen-bond acceptors (Lipinski definition) is 3. The van der Waals surface area contributed by atoms with Gasteiger partial charge in [0, 0.05) is 25.2 Å². The second-order valence-electron chi connectivity index (χ2n) is 4.36. The maximum Gasteiger partial charge on any atom is 0.272 e. The Bertz CT molecular complexity index is 662. The lowest BCUT2D eigenvalue weighted by molar-refractivity contribution is 0.0951. The maximum absolute atomic E-state index is 12.1.